The van der Waals surface area contributed by atoms with Crippen LogP contribution in [-0.4, -0.2) is 6.04 Å². The van der Waals surface area contributed by atoms with Gasteiger partial charge >= 0.3 is 0 Å². The van der Waals surface area contributed by atoms with Crippen molar-refractivity contribution in [2.24, 2.45) is 5.73 Å². The van der Waals surface area contributed by atoms with Crippen molar-refractivity contribution in [2.45, 2.75) is 90.0 Å². The standard InChI is InChI=1S/C20H35N/c1-2-3-4-5-6-7-8-9-13-16-20(21)18-17-19-14-11-10-12-15-19/h10-12,14-15,20H,2-9,13,16-18,21H2,1H3. The van der Waals surface area contributed by atoms with Crippen LogP contribution in [-0.2, 0) is 6.42 Å². The van der Waals surface area contributed by atoms with Gasteiger partial charge in [0.05, 0.1) is 0 Å². The van der Waals surface area contributed by atoms with Gasteiger partial charge in [-0.1, -0.05) is 95.0 Å². The van der Waals surface area contributed by atoms with Crippen molar-refractivity contribution in [1.29, 1.82) is 0 Å². The molecule has 0 fully saturated rings. The van der Waals surface area contributed by atoms with Crippen LogP contribution < -0.4 is 5.73 Å². The lowest BCUT2D eigenvalue weighted by atomic mass is 10.00. The lowest BCUT2D eigenvalue weighted by Crippen LogP contribution is -2.20. The minimum Gasteiger partial charge on any atom is -0.328 e. The van der Waals surface area contributed by atoms with E-state index in [1.807, 2.05) is 0 Å². The van der Waals surface area contributed by atoms with Gasteiger partial charge in [0.1, 0.15) is 0 Å². The number of nitrogens with two attached hydrogens (primary N) is 1. The SMILES string of the molecule is CCCCCCCCCCCC(N)CCc1ccccc1. The van der Waals surface area contributed by atoms with Crippen LogP contribution in [0.15, 0.2) is 30.3 Å². The molecule has 0 aromatic heterocycles. The van der Waals surface area contributed by atoms with Crippen molar-refractivity contribution in [3.63, 3.8) is 0 Å². The molecule has 0 saturated heterocycles. The summed E-state index contributed by atoms with van der Waals surface area (Å²) in [5.41, 5.74) is 7.63. The highest BCUT2D eigenvalue weighted by Crippen LogP contribution is 2.12. The summed E-state index contributed by atoms with van der Waals surface area (Å²) in [5, 5.41) is 0. The summed E-state index contributed by atoms with van der Waals surface area (Å²) >= 11 is 0. The molecule has 1 aromatic rings. The Bertz CT molecular complexity index is 320. The Balaban J connectivity index is 1.88. The van der Waals surface area contributed by atoms with E-state index in [0.717, 1.165) is 12.8 Å². The Morgan fingerprint density at radius 1 is 0.762 bits per heavy atom. The number of benzene rings is 1. The van der Waals surface area contributed by atoms with Gasteiger partial charge in [0.25, 0.3) is 0 Å². The van der Waals surface area contributed by atoms with Crippen molar-refractivity contribution >= 4 is 0 Å². The monoisotopic (exact) mass is 289 g/mol. The molecule has 1 atom stereocenters. The van der Waals surface area contributed by atoms with Crippen LogP contribution in [0.2, 0.25) is 0 Å². The van der Waals surface area contributed by atoms with E-state index in [1.54, 1.807) is 0 Å². The van der Waals surface area contributed by atoms with E-state index in [-0.39, 0.29) is 0 Å². The third kappa shape index (κ3) is 10.5. The van der Waals surface area contributed by atoms with Gasteiger partial charge in [-0.2, -0.15) is 0 Å². The summed E-state index contributed by atoms with van der Waals surface area (Å²) < 4.78 is 0. The van der Waals surface area contributed by atoms with Crippen molar-refractivity contribution < 1.29 is 0 Å². The summed E-state index contributed by atoms with van der Waals surface area (Å²) in [6.07, 6.45) is 16.0. The molecule has 1 unspecified atom stereocenters. The maximum atomic E-state index is 6.22. The van der Waals surface area contributed by atoms with E-state index < -0.39 is 0 Å². The Morgan fingerprint density at radius 3 is 1.95 bits per heavy atom. The van der Waals surface area contributed by atoms with Gasteiger partial charge in [0.2, 0.25) is 0 Å². The molecule has 0 aliphatic heterocycles. The Morgan fingerprint density at radius 2 is 1.33 bits per heavy atom. The first kappa shape index (κ1) is 18.2. The van der Waals surface area contributed by atoms with Gasteiger partial charge in [-0.05, 0) is 24.8 Å². The van der Waals surface area contributed by atoms with Crippen molar-refractivity contribution in [3.05, 3.63) is 35.9 Å². The zero-order valence-corrected chi connectivity index (χ0v) is 14.0. The minimum atomic E-state index is 0.384. The smallest absolute Gasteiger partial charge is 0.00419 e. The highest BCUT2D eigenvalue weighted by atomic mass is 14.6. The molecule has 0 heterocycles. The summed E-state index contributed by atoms with van der Waals surface area (Å²) in [4.78, 5) is 0. The quantitative estimate of drug-likeness (QED) is 0.452. The van der Waals surface area contributed by atoms with Crippen LogP contribution in [0, 0.1) is 0 Å². The Labute approximate surface area is 132 Å². The van der Waals surface area contributed by atoms with Gasteiger partial charge in [0.15, 0.2) is 0 Å². The topological polar surface area (TPSA) is 26.0 Å². The van der Waals surface area contributed by atoms with E-state index >= 15 is 0 Å². The molecule has 21 heavy (non-hydrogen) atoms. The molecule has 0 amide bonds. The molecule has 120 valence electrons. The number of hydrogen-bond acceptors (Lipinski definition) is 1. The summed E-state index contributed by atoms with van der Waals surface area (Å²) in [7, 11) is 0. The highest BCUT2D eigenvalue weighted by Gasteiger charge is 2.03. The number of rotatable bonds is 13. The second-order valence-electron chi connectivity index (χ2n) is 6.40. The van der Waals surface area contributed by atoms with Gasteiger partial charge in [-0.15, -0.1) is 0 Å². The van der Waals surface area contributed by atoms with Gasteiger partial charge in [0, 0.05) is 6.04 Å². The molecular weight excluding hydrogens is 254 g/mol. The predicted octanol–water partition coefficient (Wildman–Crippen LogP) is 5.87. The number of hydrogen-bond donors (Lipinski definition) is 1. The summed E-state index contributed by atoms with van der Waals surface area (Å²) in [6, 6.07) is 11.1. The first-order chi connectivity index (χ1) is 10.3. The maximum absolute atomic E-state index is 6.22. The van der Waals surface area contributed by atoms with E-state index in [0.29, 0.717) is 6.04 Å². The van der Waals surface area contributed by atoms with Crippen LogP contribution in [0.1, 0.15) is 83.1 Å². The van der Waals surface area contributed by atoms with E-state index in [4.69, 9.17) is 5.73 Å². The molecule has 0 bridgehead atoms. The average Bonchev–Trinajstić information content (AvgIpc) is 2.52. The Kier molecular flexibility index (Phi) is 11.2. The lowest BCUT2D eigenvalue weighted by molar-refractivity contribution is 0.506. The first-order valence-electron chi connectivity index (χ1n) is 9.12. The number of unbranched alkanes of at least 4 members (excludes halogenated alkanes) is 8. The molecule has 1 aromatic carbocycles. The second kappa shape index (κ2) is 12.9. The fourth-order valence-electron chi connectivity index (χ4n) is 2.86. The van der Waals surface area contributed by atoms with Crippen molar-refractivity contribution in [2.75, 3.05) is 0 Å². The second-order valence-corrected chi connectivity index (χ2v) is 6.40. The van der Waals surface area contributed by atoms with Gasteiger partial charge in [-0.3, -0.25) is 0 Å². The molecular formula is C20H35N. The molecule has 0 aliphatic carbocycles. The fourth-order valence-corrected chi connectivity index (χ4v) is 2.86. The number of aryl methyl sites for hydroxylation is 1. The first-order valence-corrected chi connectivity index (χ1v) is 9.12. The van der Waals surface area contributed by atoms with Crippen LogP contribution in [0.5, 0.6) is 0 Å². The molecule has 0 radical (unpaired) electrons. The normalized spacial score (nSPS) is 12.5. The van der Waals surface area contributed by atoms with Crippen LogP contribution in [0.25, 0.3) is 0 Å². The predicted molar refractivity (Wildman–Crippen MR) is 94.6 cm³/mol. The largest absolute Gasteiger partial charge is 0.328 e. The third-order valence-corrected chi connectivity index (χ3v) is 4.33. The lowest BCUT2D eigenvalue weighted by Gasteiger charge is -2.11. The van der Waals surface area contributed by atoms with Crippen molar-refractivity contribution in [3.8, 4) is 0 Å². The van der Waals surface area contributed by atoms with E-state index in [9.17, 15) is 0 Å². The fraction of sp³-hybridized carbons (Fsp3) is 0.700. The molecule has 0 saturated carbocycles. The summed E-state index contributed by atoms with van der Waals surface area (Å²) in [5.74, 6) is 0. The zero-order valence-electron chi connectivity index (χ0n) is 14.0. The maximum Gasteiger partial charge on any atom is 0.00419 e. The summed E-state index contributed by atoms with van der Waals surface area (Å²) in [6.45, 7) is 2.28. The molecule has 1 heteroatoms. The van der Waals surface area contributed by atoms with E-state index in [1.165, 1.54) is 69.8 Å². The van der Waals surface area contributed by atoms with Crippen LogP contribution in [0.4, 0.5) is 0 Å². The zero-order chi connectivity index (χ0) is 15.2. The molecule has 2 N–H and O–H groups in total. The minimum absolute atomic E-state index is 0.384. The molecule has 1 nitrogen and oxygen atoms in total. The molecule has 0 aliphatic rings. The highest BCUT2D eigenvalue weighted by molar-refractivity contribution is 5.14. The molecule has 0 spiro atoms. The van der Waals surface area contributed by atoms with Crippen molar-refractivity contribution in [1.82, 2.24) is 0 Å². The van der Waals surface area contributed by atoms with Crippen LogP contribution in [0.3, 0.4) is 0 Å². The van der Waals surface area contributed by atoms with Crippen LogP contribution >= 0.6 is 0 Å². The average molecular weight is 290 g/mol. The van der Waals surface area contributed by atoms with Gasteiger partial charge < -0.3 is 5.73 Å². The van der Waals surface area contributed by atoms with E-state index in [2.05, 4.69) is 37.3 Å². The molecule has 1 rings (SSSR count). The van der Waals surface area contributed by atoms with Gasteiger partial charge in [-0.25, -0.2) is 0 Å². The Hall–Kier alpha value is -0.820. The third-order valence-electron chi connectivity index (χ3n) is 4.33.